The number of alkyl halides is 3. The van der Waals surface area contributed by atoms with E-state index in [1.807, 2.05) is 0 Å². The van der Waals surface area contributed by atoms with Crippen molar-refractivity contribution in [2.75, 3.05) is 20.1 Å². The van der Waals surface area contributed by atoms with Gasteiger partial charge in [0.25, 0.3) is 0 Å². The molecule has 1 aromatic heterocycles. The summed E-state index contributed by atoms with van der Waals surface area (Å²) in [6.07, 6.45) is -1.73. The highest BCUT2D eigenvalue weighted by atomic mass is 19.4. The molecule has 0 fully saturated rings. The first-order valence-electron chi connectivity index (χ1n) is 5.59. The third kappa shape index (κ3) is 2.62. The van der Waals surface area contributed by atoms with E-state index in [0.29, 0.717) is 6.54 Å². The molecule has 19 heavy (non-hydrogen) atoms. The number of likely N-dealkylation sites (N-methyl/N-ethyl adjacent to an activating group) is 1. The number of aromatic nitrogens is 2. The van der Waals surface area contributed by atoms with Crippen LogP contribution in [0.4, 0.5) is 13.2 Å². The van der Waals surface area contributed by atoms with Crippen LogP contribution in [0.2, 0.25) is 0 Å². The maximum absolute atomic E-state index is 12.9. The summed E-state index contributed by atoms with van der Waals surface area (Å²) in [4.78, 5) is 12.9. The van der Waals surface area contributed by atoms with Crippen LogP contribution in [0.5, 0.6) is 0 Å². The fourth-order valence-electron chi connectivity index (χ4n) is 1.91. The molecule has 0 saturated carbocycles. The van der Waals surface area contributed by atoms with Crippen LogP contribution in [0.1, 0.15) is 11.3 Å². The van der Waals surface area contributed by atoms with Crippen molar-refractivity contribution in [2.24, 2.45) is 7.05 Å². The van der Waals surface area contributed by atoms with E-state index in [9.17, 15) is 18.0 Å². The van der Waals surface area contributed by atoms with Gasteiger partial charge < -0.3 is 10.2 Å². The van der Waals surface area contributed by atoms with Crippen molar-refractivity contribution < 1.29 is 18.0 Å². The van der Waals surface area contributed by atoms with Crippen LogP contribution in [-0.2, 0) is 18.0 Å². The maximum atomic E-state index is 12.9. The minimum atomic E-state index is -4.55. The van der Waals surface area contributed by atoms with Crippen molar-refractivity contribution in [1.29, 1.82) is 0 Å². The smallest absolute Gasteiger partial charge is 0.314 e. The molecule has 1 aromatic rings. The number of hydrogen-bond donors (Lipinski definition) is 1. The molecule has 1 amide bonds. The van der Waals surface area contributed by atoms with Crippen molar-refractivity contribution in [1.82, 2.24) is 20.0 Å². The summed E-state index contributed by atoms with van der Waals surface area (Å²) in [6.45, 7) is 0.426. The molecule has 1 aliphatic heterocycles. The van der Waals surface area contributed by atoms with Crippen molar-refractivity contribution >= 4 is 11.6 Å². The molecule has 1 aliphatic rings. The highest BCUT2D eigenvalue weighted by Crippen LogP contribution is 2.34. The second-order valence-corrected chi connectivity index (χ2v) is 4.24. The van der Waals surface area contributed by atoms with Crippen LogP contribution < -0.4 is 5.32 Å². The molecular weight excluding hydrogens is 261 g/mol. The van der Waals surface area contributed by atoms with Crippen LogP contribution in [-0.4, -0.2) is 40.7 Å². The molecule has 0 bridgehead atoms. The van der Waals surface area contributed by atoms with Gasteiger partial charge in [0.2, 0.25) is 5.91 Å². The minimum Gasteiger partial charge on any atom is -0.314 e. The number of halogens is 3. The first-order chi connectivity index (χ1) is 8.80. The third-order valence-corrected chi connectivity index (χ3v) is 2.82. The van der Waals surface area contributed by atoms with Crippen molar-refractivity contribution in [3.8, 4) is 0 Å². The molecular formula is C11H13F3N4O. The third-order valence-electron chi connectivity index (χ3n) is 2.82. The van der Waals surface area contributed by atoms with Crippen molar-refractivity contribution in [3.63, 3.8) is 0 Å². The van der Waals surface area contributed by atoms with Gasteiger partial charge in [-0.25, -0.2) is 0 Å². The second kappa shape index (κ2) is 4.69. The molecule has 0 saturated heterocycles. The molecule has 104 valence electrons. The monoisotopic (exact) mass is 274 g/mol. The Morgan fingerprint density at radius 3 is 2.68 bits per heavy atom. The largest absolute Gasteiger partial charge is 0.435 e. The zero-order valence-corrected chi connectivity index (χ0v) is 10.5. The molecule has 0 radical (unpaired) electrons. The Kier molecular flexibility index (Phi) is 3.36. The van der Waals surface area contributed by atoms with E-state index in [1.165, 1.54) is 25.2 Å². The summed E-state index contributed by atoms with van der Waals surface area (Å²) in [5.74, 6) is -0.291. The molecule has 5 nitrogen and oxygen atoms in total. The summed E-state index contributed by atoms with van der Waals surface area (Å²) >= 11 is 0. The number of carbonyl (C=O) groups excluding carboxylic acids is 1. The number of nitrogens with zero attached hydrogens (tertiary/aromatic N) is 3. The lowest BCUT2D eigenvalue weighted by Gasteiger charge is -2.19. The molecule has 0 aliphatic carbocycles. The van der Waals surface area contributed by atoms with Gasteiger partial charge in [-0.1, -0.05) is 0 Å². The molecule has 0 aromatic carbocycles. The van der Waals surface area contributed by atoms with Crippen LogP contribution in [0.15, 0.2) is 12.3 Å². The van der Waals surface area contributed by atoms with Gasteiger partial charge in [0, 0.05) is 32.4 Å². The lowest BCUT2D eigenvalue weighted by molar-refractivity contribution is -0.141. The van der Waals surface area contributed by atoms with Crippen LogP contribution in [0, 0.1) is 0 Å². The van der Waals surface area contributed by atoms with Gasteiger partial charge in [-0.15, -0.1) is 0 Å². The highest BCUT2D eigenvalue weighted by molar-refractivity contribution is 5.89. The first kappa shape index (κ1) is 13.6. The highest BCUT2D eigenvalue weighted by Gasteiger charge is 2.38. The van der Waals surface area contributed by atoms with E-state index in [-0.39, 0.29) is 23.7 Å². The van der Waals surface area contributed by atoms with Gasteiger partial charge in [0.1, 0.15) is 0 Å². The summed E-state index contributed by atoms with van der Waals surface area (Å²) in [5, 5.41) is 6.26. The quantitative estimate of drug-likeness (QED) is 0.825. The summed E-state index contributed by atoms with van der Waals surface area (Å²) in [6, 6.07) is 0. The normalized spacial score (nSPS) is 17.4. The van der Waals surface area contributed by atoms with Gasteiger partial charge in [-0.05, 0) is 6.08 Å². The second-order valence-electron chi connectivity index (χ2n) is 4.24. The standard InChI is InChI=1S/C11H13F3N4O/c1-17-6-7(10(16-17)11(12,13)14)8-3-4-15-5-9(19)18(8)2/h3,6,15H,4-5H2,1-2H3. The van der Waals surface area contributed by atoms with E-state index < -0.39 is 11.9 Å². The molecule has 0 atom stereocenters. The number of aryl methyl sites for hydroxylation is 1. The molecule has 2 heterocycles. The minimum absolute atomic E-state index is 0.0884. The molecule has 2 rings (SSSR count). The lowest BCUT2D eigenvalue weighted by Crippen LogP contribution is -2.31. The van der Waals surface area contributed by atoms with Crippen LogP contribution in [0.3, 0.4) is 0 Å². The van der Waals surface area contributed by atoms with Crippen LogP contribution in [0.25, 0.3) is 5.70 Å². The Labute approximate surface area is 107 Å². The summed E-state index contributed by atoms with van der Waals surface area (Å²) < 4.78 is 39.9. The SMILES string of the molecule is CN1C(=O)CNCC=C1c1cn(C)nc1C(F)(F)F. The average Bonchev–Trinajstić information content (AvgIpc) is 2.62. The predicted molar refractivity (Wildman–Crippen MR) is 61.8 cm³/mol. The first-order valence-corrected chi connectivity index (χ1v) is 5.59. The average molecular weight is 274 g/mol. The lowest BCUT2D eigenvalue weighted by atomic mass is 10.1. The molecule has 1 N–H and O–H groups in total. The Bertz CT molecular complexity index is 533. The number of rotatable bonds is 1. The topological polar surface area (TPSA) is 50.2 Å². The van der Waals surface area contributed by atoms with Crippen molar-refractivity contribution in [3.05, 3.63) is 23.5 Å². The zero-order chi connectivity index (χ0) is 14.2. The fraction of sp³-hybridized carbons (Fsp3) is 0.455. The zero-order valence-electron chi connectivity index (χ0n) is 10.5. The molecule has 0 unspecified atom stereocenters. The predicted octanol–water partition coefficient (Wildman–Crippen LogP) is 0.841. The summed E-state index contributed by atoms with van der Waals surface area (Å²) in [5.41, 5.74) is -0.854. The number of hydrogen-bond acceptors (Lipinski definition) is 3. The van der Waals surface area contributed by atoms with E-state index in [0.717, 1.165) is 4.68 Å². The van der Waals surface area contributed by atoms with E-state index in [1.54, 1.807) is 6.08 Å². The molecule has 0 spiro atoms. The van der Waals surface area contributed by atoms with E-state index >= 15 is 0 Å². The Balaban J connectivity index is 2.51. The fourth-order valence-corrected chi connectivity index (χ4v) is 1.91. The Morgan fingerprint density at radius 1 is 1.37 bits per heavy atom. The van der Waals surface area contributed by atoms with Gasteiger partial charge >= 0.3 is 6.18 Å². The van der Waals surface area contributed by atoms with Gasteiger partial charge in [0.05, 0.1) is 12.2 Å². The number of carbonyl (C=O) groups is 1. The van der Waals surface area contributed by atoms with E-state index in [4.69, 9.17) is 0 Å². The number of amides is 1. The summed E-state index contributed by atoms with van der Waals surface area (Å²) in [7, 11) is 2.87. The van der Waals surface area contributed by atoms with Gasteiger partial charge in [-0.3, -0.25) is 9.48 Å². The maximum Gasteiger partial charge on any atom is 0.435 e. The van der Waals surface area contributed by atoms with Gasteiger partial charge in [-0.2, -0.15) is 18.3 Å². The number of nitrogens with one attached hydrogen (secondary N) is 1. The molecule has 8 heteroatoms. The van der Waals surface area contributed by atoms with Crippen LogP contribution >= 0.6 is 0 Å². The van der Waals surface area contributed by atoms with E-state index in [2.05, 4.69) is 10.4 Å². The Hall–Kier alpha value is -1.83. The van der Waals surface area contributed by atoms with Crippen molar-refractivity contribution in [2.45, 2.75) is 6.18 Å². The Morgan fingerprint density at radius 2 is 2.05 bits per heavy atom. The van der Waals surface area contributed by atoms with Gasteiger partial charge in [0.15, 0.2) is 5.69 Å².